The van der Waals surface area contributed by atoms with E-state index in [4.69, 9.17) is 10.5 Å². The molecule has 0 amide bonds. The number of nitrogen functional groups attached to an aromatic ring is 1. The summed E-state index contributed by atoms with van der Waals surface area (Å²) < 4.78 is 5.36. The van der Waals surface area contributed by atoms with Crippen molar-refractivity contribution in [2.45, 2.75) is 25.7 Å². The van der Waals surface area contributed by atoms with E-state index in [0.29, 0.717) is 11.4 Å². The average Bonchev–Trinajstić information content (AvgIpc) is 2.67. The molecule has 1 aliphatic heterocycles. The minimum Gasteiger partial charge on any atom is -0.423 e. The molecular weight excluding hydrogens is 226 g/mol. The van der Waals surface area contributed by atoms with E-state index in [1.54, 1.807) is 0 Å². The molecule has 0 atom stereocenters. The van der Waals surface area contributed by atoms with Gasteiger partial charge in [0, 0.05) is 16.8 Å². The summed E-state index contributed by atoms with van der Waals surface area (Å²) in [6.45, 7) is 0. The zero-order chi connectivity index (χ0) is 12.5. The highest BCUT2D eigenvalue weighted by Gasteiger charge is 2.30. The Morgan fingerprint density at radius 3 is 2.72 bits per heavy atom. The monoisotopic (exact) mass is 241 g/mol. The molecule has 3 heteroatoms. The number of rotatable bonds is 1. The van der Waals surface area contributed by atoms with Gasteiger partial charge in [0.05, 0.1) is 0 Å². The van der Waals surface area contributed by atoms with Crippen LogP contribution in [-0.4, -0.2) is 5.97 Å². The molecule has 1 aliphatic carbocycles. The number of benzene rings is 1. The second-order valence-electron chi connectivity index (χ2n) is 4.73. The van der Waals surface area contributed by atoms with Crippen LogP contribution in [0.2, 0.25) is 0 Å². The fraction of sp³-hybridized carbons (Fsp3) is 0.267. The third-order valence-electron chi connectivity index (χ3n) is 3.42. The number of ether oxygens (including phenoxy) is 1. The molecule has 0 radical (unpaired) electrons. The van der Waals surface area contributed by atoms with Gasteiger partial charge in [0.1, 0.15) is 5.76 Å². The Hall–Kier alpha value is -2.03. The predicted octanol–water partition coefficient (Wildman–Crippen LogP) is 3.04. The molecule has 0 unspecified atom stereocenters. The first kappa shape index (κ1) is 11.1. The maximum Gasteiger partial charge on any atom is 0.339 e. The lowest BCUT2D eigenvalue weighted by molar-refractivity contribution is -0.133. The van der Waals surface area contributed by atoms with E-state index < -0.39 is 0 Å². The number of anilines is 1. The van der Waals surface area contributed by atoms with E-state index >= 15 is 0 Å². The van der Waals surface area contributed by atoms with Gasteiger partial charge in [-0.25, -0.2) is 4.79 Å². The lowest BCUT2D eigenvalue weighted by Gasteiger charge is -2.10. The molecule has 1 aromatic rings. The zero-order valence-electron chi connectivity index (χ0n) is 10.1. The average molecular weight is 241 g/mol. The Morgan fingerprint density at radius 2 is 1.94 bits per heavy atom. The van der Waals surface area contributed by atoms with Gasteiger partial charge in [-0.2, -0.15) is 0 Å². The summed E-state index contributed by atoms with van der Waals surface area (Å²) >= 11 is 0. The molecule has 1 aromatic carbocycles. The van der Waals surface area contributed by atoms with Crippen molar-refractivity contribution in [1.29, 1.82) is 0 Å². The van der Waals surface area contributed by atoms with Crippen molar-refractivity contribution in [3.63, 3.8) is 0 Å². The number of esters is 1. The maximum atomic E-state index is 11.7. The Balaban J connectivity index is 1.98. The van der Waals surface area contributed by atoms with Gasteiger partial charge in [-0.1, -0.05) is 12.1 Å². The number of nitrogens with two attached hydrogens (primary N) is 1. The van der Waals surface area contributed by atoms with Crippen molar-refractivity contribution in [2.75, 3.05) is 5.73 Å². The van der Waals surface area contributed by atoms with Crippen LogP contribution in [0.1, 0.15) is 31.2 Å². The Bertz CT molecular complexity index is 570. The lowest BCUT2D eigenvalue weighted by atomic mass is 9.92. The predicted molar refractivity (Wildman–Crippen MR) is 70.4 cm³/mol. The third kappa shape index (κ3) is 1.92. The number of carbonyl (C=O) groups is 1. The maximum absolute atomic E-state index is 11.7. The molecule has 3 nitrogen and oxygen atoms in total. The molecule has 3 rings (SSSR count). The van der Waals surface area contributed by atoms with E-state index in [0.717, 1.165) is 42.4 Å². The highest BCUT2D eigenvalue weighted by Crippen LogP contribution is 2.37. The van der Waals surface area contributed by atoms with Crippen molar-refractivity contribution in [2.24, 2.45) is 0 Å². The molecule has 0 fully saturated rings. The van der Waals surface area contributed by atoms with Crippen molar-refractivity contribution < 1.29 is 9.53 Å². The van der Waals surface area contributed by atoms with Crippen molar-refractivity contribution in [3.8, 4) is 0 Å². The van der Waals surface area contributed by atoms with Gasteiger partial charge < -0.3 is 10.5 Å². The van der Waals surface area contributed by atoms with Crippen LogP contribution in [0, 0.1) is 0 Å². The Morgan fingerprint density at radius 1 is 1.17 bits per heavy atom. The summed E-state index contributed by atoms with van der Waals surface area (Å²) in [4.78, 5) is 11.7. The number of hydrogen-bond donors (Lipinski definition) is 1. The Kier molecular flexibility index (Phi) is 2.67. The van der Waals surface area contributed by atoms with Crippen molar-refractivity contribution >= 4 is 17.7 Å². The molecule has 18 heavy (non-hydrogen) atoms. The van der Waals surface area contributed by atoms with Crippen LogP contribution in [0.25, 0.3) is 6.08 Å². The largest absolute Gasteiger partial charge is 0.423 e. The first-order chi connectivity index (χ1) is 8.74. The third-order valence-corrected chi connectivity index (χ3v) is 3.42. The van der Waals surface area contributed by atoms with E-state index in [-0.39, 0.29) is 5.97 Å². The molecular formula is C15H15NO2. The van der Waals surface area contributed by atoms with Crippen LogP contribution in [0.15, 0.2) is 41.2 Å². The molecule has 2 aliphatic rings. The summed E-state index contributed by atoms with van der Waals surface area (Å²) in [6, 6.07) is 7.57. The van der Waals surface area contributed by atoms with Gasteiger partial charge in [-0.15, -0.1) is 0 Å². The van der Waals surface area contributed by atoms with E-state index in [1.807, 2.05) is 30.3 Å². The zero-order valence-corrected chi connectivity index (χ0v) is 10.1. The topological polar surface area (TPSA) is 52.3 Å². The minimum absolute atomic E-state index is 0.167. The summed E-state index contributed by atoms with van der Waals surface area (Å²) in [7, 11) is 0. The fourth-order valence-corrected chi connectivity index (χ4v) is 2.54. The number of allylic oxidation sites excluding steroid dienone is 1. The molecule has 0 saturated carbocycles. The van der Waals surface area contributed by atoms with Crippen LogP contribution in [0.3, 0.4) is 0 Å². The molecule has 0 aromatic heterocycles. The summed E-state index contributed by atoms with van der Waals surface area (Å²) in [6.07, 6.45) is 5.91. The van der Waals surface area contributed by atoms with E-state index in [1.165, 1.54) is 0 Å². The molecule has 0 bridgehead atoms. The van der Waals surface area contributed by atoms with Gasteiger partial charge in [0.15, 0.2) is 0 Å². The van der Waals surface area contributed by atoms with E-state index in [2.05, 4.69) is 0 Å². The number of carbonyl (C=O) groups excluding carboxylic acids is 1. The minimum atomic E-state index is -0.167. The lowest BCUT2D eigenvalue weighted by Crippen LogP contribution is -2.01. The van der Waals surface area contributed by atoms with Gasteiger partial charge in [0.2, 0.25) is 0 Å². The quantitative estimate of drug-likeness (QED) is 0.607. The van der Waals surface area contributed by atoms with Gasteiger partial charge in [0.25, 0.3) is 0 Å². The van der Waals surface area contributed by atoms with Gasteiger partial charge >= 0.3 is 5.97 Å². The van der Waals surface area contributed by atoms with Crippen LogP contribution in [0.5, 0.6) is 0 Å². The first-order valence-electron chi connectivity index (χ1n) is 6.26. The second kappa shape index (κ2) is 4.33. The van der Waals surface area contributed by atoms with Crippen LogP contribution in [-0.2, 0) is 9.53 Å². The smallest absolute Gasteiger partial charge is 0.339 e. The molecule has 0 saturated heterocycles. The van der Waals surface area contributed by atoms with Crippen LogP contribution in [0.4, 0.5) is 5.69 Å². The number of hydrogen-bond acceptors (Lipinski definition) is 3. The SMILES string of the molecule is Nc1cccc(/C=C2\OC(=O)C3=C2CCCC3)c1. The van der Waals surface area contributed by atoms with Crippen LogP contribution < -0.4 is 5.73 Å². The molecule has 1 heterocycles. The van der Waals surface area contributed by atoms with Crippen molar-refractivity contribution in [1.82, 2.24) is 0 Å². The van der Waals surface area contributed by atoms with E-state index in [9.17, 15) is 4.79 Å². The summed E-state index contributed by atoms with van der Waals surface area (Å²) in [5.41, 5.74) is 9.39. The fourth-order valence-electron chi connectivity index (χ4n) is 2.54. The normalized spacial score (nSPS) is 21.1. The Labute approximate surface area is 106 Å². The molecule has 0 spiro atoms. The summed E-state index contributed by atoms with van der Waals surface area (Å²) in [5, 5.41) is 0. The summed E-state index contributed by atoms with van der Waals surface area (Å²) in [5.74, 6) is 0.542. The van der Waals surface area contributed by atoms with Crippen LogP contribution >= 0.6 is 0 Å². The second-order valence-corrected chi connectivity index (χ2v) is 4.73. The highest BCUT2D eigenvalue weighted by atomic mass is 16.5. The van der Waals surface area contributed by atoms with Gasteiger partial charge in [-0.05, 0) is 49.5 Å². The highest BCUT2D eigenvalue weighted by molar-refractivity contribution is 5.95. The standard InChI is InChI=1S/C15H15NO2/c16-11-5-3-4-10(8-11)9-14-12-6-1-2-7-13(12)15(17)18-14/h3-5,8-9H,1-2,6-7,16H2/b14-9-. The first-order valence-corrected chi connectivity index (χ1v) is 6.26. The molecule has 92 valence electrons. The number of cyclic esters (lactones) is 1. The van der Waals surface area contributed by atoms with Gasteiger partial charge in [-0.3, -0.25) is 0 Å². The van der Waals surface area contributed by atoms with Crippen molar-refractivity contribution in [3.05, 3.63) is 46.7 Å². The molecule has 2 N–H and O–H groups in total.